The van der Waals surface area contributed by atoms with Gasteiger partial charge in [0.25, 0.3) is 0 Å². The molecule has 9 heteroatoms. The van der Waals surface area contributed by atoms with E-state index in [2.05, 4.69) is 32.7 Å². The minimum absolute atomic E-state index is 0. The van der Waals surface area contributed by atoms with Crippen molar-refractivity contribution in [1.82, 2.24) is 19.7 Å². The number of aliphatic hydroxyl groups is 1. The highest BCUT2D eigenvalue weighted by Gasteiger charge is 2.34. The molecule has 3 rings (SSSR count). The van der Waals surface area contributed by atoms with Gasteiger partial charge in [-0.05, 0) is 53.4 Å². The van der Waals surface area contributed by atoms with E-state index in [4.69, 9.17) is 0 Å². The van der Waals surface area contributed by atoms with Gasteiger partial charge in [0, 0.05) is 28.3 Å². The Bertz CT molecular complexity index is 895. The largest absolute Gasteiger partial charge is 0.382 e. The van der Waals surface area contributed by atoms with Crippen molar-refractivity contribution in [2.45, 2.75) is 18.7 Å². The lowest BCUT2D eigenvalue weighted by Gasteiger charge is -2.33. The lowest BCUT2D eigenvalue weighted by Crippen LogP contribution is -2.43. The molecule has 2 aromatic carbocycles. The second-order valence-electron chi connectivity index (χ2n) is 6.55. The Hall–Kier alpha value is -1.62. The third-order valence-electron chi connectivity index (χ3n) is 4.22. The molecule has 0 aliphatic carbocycles. The van der Waals surface area contributed by atoms with Crippen LogP contribution in [0.25, 0.3) is 0 Å². The van der Waals surface area contributed by atoms with E-state index >= 15 is 0 Å². The van der Waals surface area contributed by atoms with Crippen molar-refractivity contribution < 1.29 is 13.9 Å². The van der Waals surface area contributed by atoms with E-state index in [1.165, 1.54) is 23.4 Å². The fraction of sp³-hybridized carbons (Fsp3) is 0.263. The number of likely N-dealkylation sites (N-methyl/N-ethyl adjacent to an activating group) is 1. The van der Waals surface area contributed by atoms with Crippen molar-refractivity contribution in [3.05, 3.63) is 81.5 Å². The highest BCUT2D eigenvalue weighted by molar-refractivity contribution is 14.1. The van der Waals surface area contributed by atoms with Crippen LogP contribution in [0.3, 0.4) is 0 Å². The highest BCUT2D eigenvalue weighted by Crippen LogP contribution is 2.28. The Balaban J connectivity index is 0.00000280. The molecule has 1 atom stereocenters. The van der Waals surface area contributed by atoms with Gasteiger partial charge < -0.3 is 5.11 Å². The van der Waals surface area contributed by atoms with Gasteiger partial charge in [0.1, 0.15) is 29.9 Å². The van der Waals surface area contributed by atoms with E-state index in [0.29, 0.717) is 6.54 Å². The molecule has 0 bridgehead atoms. The van der Waals surface area contributed by atoms with Crippen molar-refractivity contribution in [2.24, 2.45) is 0 Å². The lowest BCUT2D eigenvalue weighted by atomic mass is 9.92. The first-order valence-corrected chi connectivity index (χ1v) is 9.37. The maximum absolute atomic E-state index is 14.4. The van der Waals surface area contributed by atoms with Crippen LogP contribution in [0, 0.1) is 15.2 Å². The maximum atomic E-state index is 14.4. The summed E-state index contributed by atoms with van der Waals surface area (Å²) in [4.78, 5) is 5.76. The molecule has 0 saturated heterocycles. The molecule has 28 heavy (non-hydrogen) atoms. The molecule has 1 heterocycles. The van der Waals surface area contributed by atoms with Crippen molar-refractivity contribution in [3.63, 3.8) is 0 Å². The Morgan fingerprint density at radius 3 is 2.50 bits per heavy atom. The molecular weight excluding hydrogens is 501 g/mol. The van der Waals surface area contributed by atoms with Gasteiger partial charge in [-0.3, -0.25) is 4.90 Å². The van der Waals surface area contributed by atoms with Crippen LogP contribution in [0.5, 0.6) is 0 Å². The molecule has 0 aliphatic heterocycles. The summed E-state index contributed by atoms with van der Waals surface area (Å²) in [6, 6.07) is 11.2. The lowest BCUT2D eigenvalue weighted by molar-refractivity contribution is -0.0175. The zero-order valence-corrected chi connectivity index (χ0v) is 18.1. The number of aromatic nitrogens is 3. The molecule has 1 N–H and O–H groups in total. The number of hydrogen-bond acceptors (Lipinski definition) is 4. The first-order chi connectivity index (χ1) is 12.9. The molecular formula is C19H20ClF2IN4O. The van der Waals surface area contributed by atoms with Crippen LogP contribution in [-0.4, -0.2) is 38.4 Å². The molecule has 0 unspecified atom stereocenters. The van der Waals surface area contributed by atoms with E-state index < -0.39 is 17.2 Å². The average molecular weight is 521 g/mol. The number of hydrogen-bond donors (Lipinski definition) is 1. The number of halogens is 4. The predicted octanol–water partition coefficient (Wildman–Crippen LogP) is 3.60. The fourth-order valence-corrected chi connectivity index (χ4v) is 3.43. The van der Waals surface area contributed by atoms with E-state index in [0.717, 1.165) is 21.3 Å². The summed E-state index contributed by atoms with van der Waals surface area (Å²) in [5.74, 6) is -1.48. The van der Waals surface area contributed by atoms with E-state index in [1.54, 1.807) is 0 Å². The smallest absolute Gasteiger partial charge is 0.137 e. The molecule has 5 nitrogen and oxygen atoms in total. The zero-order chi connectivity index (χ0) is 19.4. The summed E-state index contributed by atoms with van der Waals surface area (Å²) < 4.78 is 30.3. The Labute approximate surface area is 181 Å². The molecule has 150 valence electrons. The van der Waals surface area contributed by atoms with E-state index in [9.17, 15) is 13.9 Å². The van der Waals surface area contributed by atoms with Crippen molar-refractivity contribution in [3.8, 4) is 0 Å². The minimum Gasteiger partial charge on any atom is -0.382 e. The van der Waals surface area contributed by atoms with Crippen molar-refractivity contribution in [1.29, 1.82) is 0 Å². The monoisotopic (exact) mass is 520 g/mol. The standard InChI is InChI=1S/C19H19F2IN4O.ClH/c1-25(9-14-2-5-16(22)6-3-14)10-19(27,11-26-13-23-12-24-26)17-7-4-15(20)8-18(17)21;/h2-8,12-13,27H,9-11H2,1H3;1H/t19-;/m0./s1. The van der Waals surface area contributed by atoms with Crippen LogP contribution < -0.4 is 0 Å². The van der Waals surface area contributed by atoms with Gasteiger partial charge >= 0.3 is 0 Å². The first kappa shape index (κ1) is 22.7. The molecule has 0 radical (unpaired) electrons. The summed E-state index contributed by atoms with van der Waals surface area (Å²) in [6.07, 6.45) is 2.79. The van der Waals surface area contributed by atoms with Crippen LogP contribution in [0.4, 0.5) is 8.78 Å². The minimum atomic E-state index is -1.61. The van der Waals surface area contributed by atoms with Gasteiger partial charge in [0.05, 0.1) is 6.54 Å². The van der Waals surface area contributed by atoms with Crippen LogP contribution >= 0.6 is 35.0 Å². The van der Waals surface area contributed by atoms with E-state index in [-0.39, 0.29) is 31.1 Å². The summed E-state index contributed by atoms with van der Waals surface area (Å²) in [6.45, 7) is 0.688. The fourth-order valence-electron chi connectivity index (χ4n) is 3.07. The summed E-state index contributed by atoms with van der Waals surface area (Å²) in [5.41, 5.74) is -0.516. The van der Waals surface area contributed by atoms with Gasteiger partial charge in [0.15, 0.2) is 0 Å². The third-order valence-corrected chi connectivity index (χ3v) is 4.94. The van der Waals surface area contributed by atoms with Gasteiger partial charge in [0.2, 0.25) is 0 Å². The molecule has 3 aromatic rings. The summed E-state index contributed by atoms with van der Waals surface area (Å²) in [7, 11) is 1.84. The second kappa shape index (κ2) is 9.73. The zero-order valence-electron chi connectivity index (χ0n) is 15.1. The van der Waals surface area contributed by atoms with Crippen molar-refractivity contribution >= 4 is 35.0 Å². The molecule has 0 amide bonds. The highest BCUT2D eigenvalue weighted by atomic mass is 127. The van der Waals surface area contributed by atoms with Crippen LogP contribution in [0.15, 0.2) is 55.1 Å². The molecule has 0 saturated carbocycles. The Kier molecular flexibility index (Phi) is 7.87. The normalized spacial score (nSPS) is 13.2. The summed E-state index contributed by atoms with van der Waals surface area (Å²) in [5, 5.41) is 15.3. The second-order valence-corrected chi connectivity index (χ2v) is 7.79. The Morgan fingerprint density at radius 2 is 1.89 bits per heavy atom. The van der Waals surface area contributed by atoms with Crippen LogP contribution in [0.2, 0.25) is 0 Å². The maximum Gasteiger partial charge on any atom is 0.137 e. The van der Waals surface area contributed by atoms with Crippen molar-refractivity contribution in [2.75, 3.05) is 13.6 Å². The molecule has 0 fully saturated rings. The predicted molar refractivity (Wildman–Crippen MR) is 113 cm³/mol. The number of nitrogens with zero attached hydrogens (tertiary/aromatic N) is 4. The van der Waals surface area contributed by atoms with Gasteiger partial charge in [-0.1, -0.05) is 18.2 Å². The quantitative estimate of drug-likeness (QED) is 0.484. The van der Waals surface area contributed by atoms with Gasteiger partial charge in [-0.2, -0.15) is 5.10 Å². The first-order valence-electron chi connectivity index (χ1n) is 8.29. The molecule has 0 spiro atoms. The van der Waals surface area contributed by atoms with Gasteiger partial charge in [-0.15, -0.1) is 12.4 Å². The SMILES string of the molecule is CN(Cc1ccc(I)cc1)C[C@](O)(Cn1cncn1)c1ccc(F)cc1F.Cl. The van der Waals surface area contributed by atoms with Crippen LogP contribution in [-0.2, 0) is 18.7 Å². The number of benzene rings is 2. The molecule has 1 aromatic heterocycles. The summed E-state index contributed by atoms with van der Waals surface area (Å²) >= 11 is 2.24. The van der Waals surface area contributed by atoms with E-state index in [1.807, 2.05) is 36.2 Å². The topological polar surface area (TPSA) is 54.2 Å². The Morgan fingerprint density at radius 1 is 1.18 bits per heavy atom. The number of rotatable bonds is 7. The van der Waals surface area contributed by atoms with Gasteiger partial charge in [-0.25, -0.2) is 18.4 Å². The van der Waals surface area contributed by atoms with Crippen LogP contribution in [0.1, 0.15) is 11.1 Å². The molecule has 0 aliphatic rings. The third kappa shape index (κ3) is 5.69. The average Bonchev–Trinajstić information content (AvgIpc) is 3.09.